The van der Waals surface area contributed by atoms with E-state index in [4.69, 9.17) is 16.8 Å². The largest absolute Gasteiger partial charge is 0.410 e. The van der Waals surface area contributed by atoms with Crippen LogP contribution in [0.4, 0.5) is 0 Å². The Morgan fingerprint density at radius 1 is 1.58 bits per heavy atom. The van der Waals surface area contributed by atoms with Crippen LogP contribution in [-0.4, -0.2) is 10.4 Å². The summed E-state index contributed by atoms with van der Waals surface area (Å²) in [6.45, 7) is 1.94. The number of rotatable bonds is 1. The molecule has 0 aromatic heterocycles. The van der Waals surface area contributed by atoms with Crippen LogP contribution in [0.25, 0.3) is 0 Å². The van der Waals surface area contributed by atoms with Gasteiger partial charge in [-0.2, -0.15) is 0 Å². The van der Waals surface area contributed by atoms with E-state index in [2.05, 4.69) is 21.1 Å². The Morgan fingerprint density at radius 2 is 2.25 bits per heavy atom. The maximum absolute atomic E-state index is 8.44. The highest BCUT2D eigenvalue weighted by atomic mass is 79.9. The van der Waals surface area contributed by atoms with Crippen LogP contribution in [0.5, 0.6) is 0 Å². The van der Waals surface area contributed by atoms with Gasteiger partial charge in [-0.3, -0.25) is 0 Å². The lowest BCUT2D eigenvalue weighted by atomic mass is 10.1. The Hall–Kier alpha value is -0.540. The van der Waals surface area contributed by atoms with Gasteiger partial charge in [0.05, 0.1) is 0 Å². The van der Waals surface area contributed by atoms with Crippen molar-refractivity contribution in [2.45, 2.75) is 6.92 Å². The van der Waals surface area contributed by atoms with Gasteiger partial charge in [-0.25, -0.2) is 0 Å². The van der Waals surface area contributed by atoms with E-state index in [-0.39, 0.29) is 5.17 Å². The van der Waals surface area contributed by atoms with E-state index < -0.39 is 0 Å². The molecule has 0 heterocycles. The van der Waals surface area contributed by atoms with E-state index in [1.54, 1.807) is 0 Å². The molecule has 0 amide bonds. The second kappa shape index (κ2) is 3.92. The van der Waals surface area contributed by atoms with Gasteiger partial charge in [0.25, 0.3) is 0 Å². The summed E-state index contributed by atoms with van der Waals surface area (Å²) in [5.74, 6) is 0. The lowest BCUT2D eigenvalue weighted by Gasteiger charge is -2.01. The van der Waals surface area contributed by atoms with Crippen LogP contribution in [0.1, 0.15) is 11.1 Å². The molecule has 1 N–H and O–H groups in total. The zero-order valence-electron chi connectivity index (χ0n) is 6.38. The Balaban J connectivity index is 3.23. The van der Waals surface area contributed by atoms with E-state index in [9.17, 15) is 0 Å². The third-order valence-corrected chi connectivity index (χ3v) is 2.40. The van der Waals surface area contributed by atoms with Crippen LogP contribution in [0.2, 0.25) is 0 Å². The summed E-state index contributed by atoms with van der Waals surface area (Å²) in [6.07, 6.45) is 0. The summed E-state index contributed by atoms with van der Waals surface area (Å²) in [5, 5.41) is 11.4. The van der Waals surface area contributed by atoms with Crippen LogP contribution in [0.3, 0.4) is 0 Å². The van der Waals surface area contributed by atoms with Crippen LogP contribution in [-0.2, 0) is 0 Å². The van der Waals surface area contributed by atoms with Crippen molar-refractivity contribution in [3.63, 3.8) is 0 Å². The summed E-state index contributed by atoms with van der Waals surface area (Å²) in [7, 11) is 0. The molecule has 1 aromatic carbocycles. The lowest BCUT2D eigenvalue weighted by Crippen LogP contribution is -1.93. The van der Waals surface area contributed by atoms with Crippen molar-refractivity contribution < 1.29 is 5.21 Å². The van der Waals surface area contributed by atoms with Gasteiger partial charge < -0.3 is 5.21 Å². The van der Waals surface area contributed by atoms with Crippen molar-refractivity contribution in [3.05, 3.63) is 33.8 Å². The van der Waals surface area contributed by atoms with E-state index in [1.165, 1.54) is 0 Å². The van der Waals surface area contributed by atoms with Crippen molar-refractivity contribution in [3.8, 4) is 0 Å². The average Bonchev–Trinajstić information content (AvgIpc) is 2.08. The van der Waals surface area contributed by atoms with Gasteiger partial charge in [0.2, 0.25) is 0 Å². The minimum absolute atomic E-state index is 0.0885. The minimum atomic E-state index is 0.0885. The molecule has 4 heteroatoms. The van der Waals surface area contributed by atoms with Gasteiger partial charge in [-0.15, -0.1) is 0 Å². The standard InChI is InChI=1S/C8H7BrClNO/c1-5-2-3-7(9)6(4-5)8(10)11-12/h2-4,12H,1H3/b11-8+. The number of oxime groups is 1. The van der Waals surface area contributed by atoms with Crippen molar-refractivity contribution in [2.24, 2.45) is 5.16 Å². The van der Waals surface area contributed by atoms with Gasteiger partial charge in [0, 0.05) is 10.0 Å². The SMILES string of the molecule is Cc1ccc(Br)c(/C(Cl)=N\O)c1. The molecule has 64 valence electrons. The number of aryl methyl sites for hydroxylation is 1. The third kappa shape index (κ3) is 1.99. The highest BCUT2D eigenvalue weighted by Gasteiger charge is 2.05. The second-order valence-corrected chi connectivity index (χ2v) is 3.59. The minimum Gasteiger partial charge on any atom is -0.410 e. The molecule has 0 fully saturated rings. The van der Waals surface area contributed by atoms with E-state index in [0.29, 0.717) is 5.56 Å². The molecule has 0 radical (unpaired) electrons. The van der Waals surface area contributed by atoms with E-state index in [0.717, 1.165) is 10.0 Å². The molecule has 0 saturated heterocycles. The summed E-state index contributed by atoms with van der Waals surface area (Å²) in [6, 6.07) is 5.64. The number of hydrogen-bond acceptors (Lipinski definition) is 2. The fourth-order valence-electron chi connectivity index (χ4n) is 0.851. The molecule has 1 rings (SSSR count). The predicted octanol–water partition coefficient (Wildman–Crippen LogP) is 3.13. The topological polar surface area (TPSA) is 32.6 Å². The van der Waals surface area contributed by atoms with Crippen LogP contribution in [0, 0.1) is 6.92 Å². The monoisotopic (exact) mass is 247 g/mol. The van der Waals surface area contributed by atoms with Crippen molar-refractivity contribution in [2.75, 3.05) is 0 Å². The number of nitrogens with zero attached hydrogens (tertiary/aromatic N) is 1. The Kier molecular flexibility index (Phi) is 3.12. The second-order valence-electron chi connectivity index (χ2n) is 2.37. The Labute approximate surface area is 84.0 Å². The molecule has 0 aliphatic heterocycles. The maximum atomic E-state index is 8.44. The summed E-state index contributed by atoms with van der Waals surface area (Å²) >= 11 is 8.93. The molecular formula is C8H7BrClNO. The predicted molar refractivity (Wildman–Crippen MR) is 53.1 cm³/mol. The third-order valence-electron chi connectivity index (χ3n) is 1.43. The first-order chi connectivity index (χ1) is 5.65. The number of hydrogen-bond donors (Lipinski definition) is 1. The Morgan fingerprint density at radius 3 is 2.83 bits per heavy atom. The van der Waals surface area contributed by atoms with Gasteiger partial charge >= 0.3 is 0 Å². The summed E-state index contributed by atoms with van der Waals surface area (Å²) in [4.78, 5) is 0. The molecule has 0 aliphatic carbocycles. The van der Waals surface area contributed by atoms with Gasteiger partial charge in [-0.1, -0.05) is 44.3 Å². The van der Waals surface area contributed by atoms with E-state index in [1.807, 2.05) is 25.1 Å². The summed E-state index contributed by atoms with van der Waals surface area (Å²) < 4.78 is 0.816. The van der Waals surface area contributed by atoms with Crippen molar-refractivity contribution in [1.29, 1.82) is 0 Å². The Bertz CT molecular complexity index is 325. The van der Waals surface area contributed by atoms with Gasteiger partial charge in [0.1, 0.15) is 0 Å². The fourth-order valence-corrected chi connectivity index (χ4v) is 1.56. The molecular weight excluding hydrogens is 241 g/mol. The molecule has 0 saturated carbocycles. The number of halogens is 2. The summed E-state index contributed by atoms with van der Waals surface area (Å²) in [5.41, 5.74) is 1.76. The highest BCUT2D eigenvalue weighted by molar-refractivity contribution is 9.10. The van der Waals surface area contributed by atoms with Crippen LogP contribution >= 0.6 is 27.5 Å². The quantitative estimate of drug-likeness (QED) is 0.462. The zero-order chi connectivity index (χ0) is 9.14. The lowest BCUT2D eigenvalue weighted by molar-refractivity contribution is 0.321. The van der Waals surface area contributed by atoms with Crippen molar-refractivity contribution >= 4 is 32.7 Å². The van der Waals surface area contributed by atoms with Gasteiger partial charge in [0.15, 0.2) is 5.17 Å². The highest BCUT2D eigenvalue weighted by Crippen LogP contribution is 2.20. The average molecular weight is 249 g/mol. The first-order valence-electron chi connectivity index (χ1n) is 3.29. The zero-order valence-corrected chi connectivity index (χ0v) is 8.72. The van der Waals surface area contributed by atoms with Crippen LogP contribution in [0.15, 0.2) is 27.8 Å². The molecule has 0 spiro atoms. The van der Waals surface area contributed by atoms with Gasteiger partial charge in [-0.05, 0) is 19.1 Å². The smallest absolute Gasteiger partial charge is 0.176 e. The normalized spacial score (nSPS) is 11.8. The molecule has 0 aliphatic rings. The van der Waals surface area contributed by atoms with Crippen molar-refractivity contribution in [1.82, 2.24) is 0 Å². The van der Waals surface area contributed by atoms with E-state index >= 15 is 0 Å². The fraction of sp³-hybridized carbons (Fsp3) is 0.125. The first-order valence-corrected chi connectivity index (χ1v) is 4.46. The number of benzene rings is 1. The molecule has 0 bridgehead atoms. The molecule has 0 atom stereocenters. The molecule has 0 unspecified atom stereocenters. The molecule has 12 heavy (non-hydrogen) atoms. The maximum Gasteiger partial charge on any atom is 0.176 e. The van der Waals surface area contributed by atoms with Crippen LogP contribution < -0.4 is 0 Å². The molecule has 2 nitrogen and oxygen atoms in total. The molecule has 1 aromatic rings. The first kappa shape index (κ1) is 9.55.